The normalized spacial score (nSPS) is 12.4. The molecule has 14 aromatic carbocycles. The second-order valence-corrected chi connectivity index (χ2v) is 32.1. The predicted octanol–water partition coefficient (Wildman–Crippen LogP) is 12.9. The van der Waals surface area contributed by atoms with Crippen molar-refractivity contribution in [3.8, 4) is 51.6 Å². The molecule has 2 aliphatic heterocycles. The van der Waals surface area contributed by atoms with Gasteiger partial charge in [0.25, 0.3) is 6.71 Å². The van der Waals surface area contributed by atoms with Crippen LogP contribution in [0.2, 0.25) is 0 Å². The van der Waals surface area contributed by atoms with Crippen molar-refractivity contribution in [2.24, 2.45) is 0 Å². The monoisotopic (exact) mass is 1220 g/mol. The van der Waals surface area contributed by atoms with Crippen molar-refractivity contribution in [3.63, 3.8) is 0 Å². The molecule has 0 saturated heterocycles. The van der Waals surface area contributed by atoms with Gasteiger partial charge < -0.3 is 18.6 Å². The van der Waals surface area contributed by atoms with Gasteiger partial charge in [0.05, 0.1) is 33.4 Å². The van der Waals surface area contributed by atoms with Gasteiger partial charge in [-0.05, 0) is 124 Å². The maximum Gasteiger partial charge on any atom is 0.260 e. The Bertz CT molecular complexity index is 5020. The van der Waals surface area contributed by atoms with Gasteiger partial charge in [-0.2, -0.15) is 5.26 Å². The summed E-state index contributed by atoms with van der Waals surface area (Å²) in [4.78, 5) is 0. The maximum atomic E-state index is 11.9. The standard InChI is InChI=1S/C85H56BN3O2Si2/c87-57-72-79(88-75-43-23-19-39-68(75)69-40-20-24-44-76(69)88)51-58(52-80(72)89-77-45-25-21-41-70(77)71-42-22-26-46-78(71)89)59-53-83-85-84(54-59)91-82-56-67(93(63-33-13-4-14-34-63,64-35-15-5-16-36-64)65-37-17-6-18-38-65)48-50-74(82)86(85)73-49-47-66(55-81(73)90-83)92(60-27-7-1-8-28-60,61-29-9-2-10-30-61)62-31-11-3-12-32-62/h1-56H. The molecule has 16 aromatic rings. The first kappa shape index (κ1) is 54.2. The van der Waals surface area contributed by atoms with Crippen LogP contribution in [-0.4, -0.2) is 32.0 Å². The molecule has 8 heteroatoms. The van der Waals surface area contributed by atoms with E-state index >= 15 is 0 Å². The average Bonchev–Trinajstić information content (AvgIpc) is 1.50. The molecule has 0 aliphatic carbocycles. The molecular formula is C85H56BN3O2Si2. The van der Waals surface area contributed by atoms with E-state index in [1.54, 1.807) is 0 Å². The van der Waals surface area contributed by atoms with Gasteiger partial charge in [-0.25, -0.2) is 0 Å². The molecule has 2 aliphatic rings. The highest BCUT2D eigenvalue weighted by atomic mass is 28.3. The summed E-state index contributed by atoms with van der Waals surface area (Å²) in [6, 6.07) is 127. The summed E-state index contributed by atoms with van der Waals surface area (Å²) in [6.45, 7) is -0.260. The number of ether oxygens (including phenoxy) is 2. The Hall–Kier alpha value is -11.7. The minimum Gasteiger partial charge on any atom is -0.458 e. The van der Waals surface area contributed by atoms with E-state index in [9.17, 15) is 5.26 Å². The molecule has 0 radical (unpaired) electrons. The molecule has 0 spiro atoms. The Morgan fingerprint density at radius 1 is 0.280 bits per heavy atom. The number of fused-ring (bicyclic) bond motifs is 10. The van der Waals surface area contributed by atoms with Crippen molar-refractivity contribution in [2.75, 3.05) is 0 Å². The summed E-state index contributed by atoms with van der Waals surface area (Å²) < 4.78 is 19.9. The zero-order valence-corrected chi connectivity index (χ0v) is 52.6. The number of benzene rings is 14. The summed E-state index contributed by atoms with van der Waals surface area (Å²) in [5.41, 5.74) is 11.1. The highest BCUT2D eigenvalue weighted by Crippen LogP contribution is 2.43. The molecule has 5 nitrogen and oxygen atoms in total. The van der Waals surface area contributed by atoms with Gasteiger partial charge in [-0.1, -0.05) is 279 Å². The van der Waals surface area contributed by atoms with Gasteiger partial charge >= 0.3 is 0 Å². The Labute approximate surface area is 541 Å². The molecule has 0 unspecified atom stereocenters. The summed E-state index contributed by atoms with van der Waals surface area (Å²) in [6.07, 6.45) is 0. The first-order valence-corrected chi connectivity index (χ1v) is 35.8. The number of aromatic nitrogens is 2. The largest absolute Gasteiger partial charge is 0.458 e. The minimum atomic E-state index is -3.02. The van der Waals surface area contributed by atoms with Crippen LogP contribution < -0.4 is 67.4 Å². The topological polar surface area (TPSA) is 52.1 Å². The van der Waals surface area contributed by atoms with Gasteiger partial charge in [0, 0.05) is 27.0 Å². The number of hydrogen-bond donors (Lipinski definition) is 0. The molecule has 2 aromatic heterocycles. The van der Waals surface area contributed by atoms with Gasteiger partial charge in [-0.3, -0.25) is 0 Å². The number of para-hydroxylation sites is 4. The molecule has 4 heterocycles. The number of hydrogen-bond acceptors (Lipinski definition) is 3. The lowest BCUT2D eigenvalue weighted by Crippen LogP contribution is -2.75. The Morgan fingerprint density at radius 2 is 0.559 bits per heavy atom. The first-order valence-electron chi connectivity index (χ1n) is 31.8. The highest BCUT2D eigenvalue weighted by Gasteiger charge is 2.47. The fourth-order valence-electron chi connectivity index (χ4n) is 15.9. The molecule has 0 fully saturated rings. The van der Waals surface area contributed by atoms with Crippen LogP contribution in [0.25, 0.3) is 66.1 Å². The number of nitrogens with zero attached hydrogens (tertiary/aromatic N) is 3. The third-order valence-electron chi connectivity index (χ3n) is 19.8. The molecule has 0 saturated carbocycles. The van der Waals surface area contributed by atoms with E-state index in [4.69, 9.17) is 9.47 Å². The van der Waals surface area contributed by atoms with E-state index in [0.29, 0.717) is 5.56 Å². The molecule has 0 bridgehead atoms. The number of nitriles is 1. The van der Waals surface area contributed by atoms with Gasteiger partial charge in [0.2, 0.25) is 0 Å². The van der Waals surface area contributed by atoms with Gasteiger partial charge in [-0.15, -0.1) is 0 Å². The second-order valence-electron chi connectivity index (χ2n) is 24.5. The summed E-state index contributed by atoms with van der Waals surface area (Å²) >= 11 is 0. The zero-order valence-electron chi connectivity index (χ0n) is 50.6. The molecule has 93 heavy (non-hydrogen) atoms. The van der Waals surface area contributed by atoms with Crippen LogP contribution in [0, 0.1) is 11.3 Å². The molecule has 0 amide bonds. The summed E-state index contributed by atoms with van der Waals surface area (Å²) in [7, 11) is -6.05. The van der Waals surface area contributed by atoms with E-state index in [1.807, 2.05) is 0 Å². The fourth-order valence-corrected chi connectivity index (χ4v) is 25.4. The maximum absolute atomic E-state index is 11.9. The SMILES string of the molecule is N#Cc1c(-n2c3ccccc3c3ccccc32)cc(-c2cc3c4c(c2)Oc2cc([Si](c5ccccc5)(c5ccccc5)c5ccccc5)ccc2B4c2ccc([Si](c4ccccc4)(c4ccccc4)c4ccccc4)cc2O3)cc1-n1c2ccccc2c2ccccc21. The van der Waals surface area contributed by atoms with Crippen LogP contribution in [-0.2, 0) is 0 Å². The van der Waals surface area contributed by atoms with Crippen LogP contribution in [0.15, 0.2) is 340 Å². The Morgan fingerprint density at radius 3 is 0.860 bits per heavy atom. The predicted molar refractivity (Wildman–Crippen MR) is 390 cm³/mol. The minimum absolute atomic E-state index is 0.260. The summed E-state index contributed by atoms with van der Waals surface area (Å²) in [5, 5.41) is 26.5. The smallest absolute Gasteiger partial charge is 0.260 e. The van der Waals surface area contributed by atoms with E-state index in [1.165, 1.54) is 41.5 Å². The van der Waals surface area contributed by atoms with E-state index in [-0.39, 0.29) is 6.71 Å². The van der Waals surface area contributed by atoms with Crippen molar-refractivity contribution >= 4 is 124 Å². The van der Waals surface area contributed by atoms with Gasteiger partial charge in [0.15, 0.2) is 16.1 Å². The zero-order chi connectivity index (χ0) is 61.6. The quantitative estimate of drug-likeness (QED) is 0.0958. The van der Waals surface area contributed by atoms with Crippen molar-refractivity contribution in [2.45, 2.75) is 0 Å². The van der Waals surface area contributed by atoms with E-state index in [0.717, 1.165) is 105 Å². The number of rotatable bonds is 11. The van der Waals surface area contributed by atoms with E-state index in [2.05, 4.69) is 355 Å². The first-order chi connectivity index (χ1) is 46.1. The molecule has 434 valence electrons. The average molecular weight is 1220 g/mol. The van der Waals surface area contributed by atoms with Crippen molar-refractivity contribution in [1.82, 2.24) is 9.13 Å². The Balaban J connectivity index is 0.920. The van der Waals surface area contributed by atoms with Crippen molar-refractivity contribution in [1.29, 1.82) is 5.26 Å². The van der Waals surface area contributed by atoms with E-state index < -0.39 is 16.1 Å². The third kappa shape index (κ3) is 8.24. The Kier molecular flexibility index (Phi) is 12.7. The fraction of sp³-hybridized carbons (Fsp3) is 0. The van der Waals surface area contributed by atoms with Crippen LogP contribution in [0.5, 0.6) is 23.0 Å². The molecular weight excluding hydrogens is 1160 g/mol. The second kappa shape index (κ2) is 21.8. The van der Waals surface area contributed by atoms with Crippen molar-refractivity contribution in [3.05, 3.63) is 345 Å². The lowest BCUT2D eigenvalue weighted by molar-refractivity contribution is 0.465. The van der Waals surface area contributed by atoms with Crippen LogP contribution >= 0.6 is 0 Å². The van der Waals surface area contributed by atoms with Gasteiger partial charge in [0.1, 0.15) is 34.6 Å². The molecule has 18 rings (SSSR count). The van der Waals surface area contributed by atoms with Crippen LogP contribution in [0.4, 0.5) is 0 Å². The van der Waals surface area contributed by atoms with Crippen LogP contribution in [0.3, 0.4) is 0 Å². The lowest BCUT2D eigenvalue weighted by atomic mass is 9.35. The van der Waals surface area contributed by atoms with Crippen molar-refractivity contribution < 1.29 is 9.47 Å². The third-order valence-corrected chi connectivity index (χ3v) is 29.3. The summed E-state index contributed by atoms with van der Waals surface area (Å²) in [5.74, 6) is 3.06. The lowest BCUT2D eigenvalue weighted by Gasteiger charge is -2.38. The molecule has 0 N–H and O–H groups in total. The highest BCUT2D eigenvalue weighted by molar-refractivity contribution is 7.20. The van der Waals surface area contributed by atoms with Crippen LogP contribution in [0.1, 0.15) is 5.56 Å². The molecule has 0 atom stereocenters.